The largest absolute Gasteiger partial charge is 0.379 e. The SMILES string of the molecule is CC(C(=O)Nc1ccc(Cl)cc1Cl)N1CCOCC1. The highest BCUT2D eigenvalue weighted by molar-refractivity contribution is 6.36. The summed E-state index contributed by atoms with van der Waals surface area (Å²) in [7, 11) is 0. The van der Waals surface area contributed by atoms with Crippen LogP contribution >= 0.6 is 23.2 Å². The second-order valence-electron chi connectivity index (χ2n) is 4.44. The minimum absolute atomic E-state index is 0.0777. The smallest absolute Gasteiger partial charge is 0.241 e. The van der Waals surface area contributed by atoms with Gasteiger partial charge in [0.2, 0.25) is 5.91 Å². The molecule has 19 heavy (non-hydrogen) atoms. The Bertz CT molecular complexity index is 462. The topological polar surface area (TPSA) is 41.6 Å². The lowest BCUT2D eigenvalue weighted by molar-refractivity contribution is -0.122. The van der Waals surface area contributed by atoms with Gasteiger partial charge in [-0.1, -0.05) is 23.2 Å². The number of nitrogens with one attached hydrogen (secondary N) is 1. The number of ether oxygens (including phenoxy) is 1. The minimum atomic E-state index is -0.212. The van der Waals surface area contributed by atoms with E-state index in [-0.39, 0.29) is 11.9 Å². The Morgan fingerprint density at radius 3 is 2.68 bits per heavy atom. The van der Waals surface area contributed by atoms with Gasteiger partial charge in [0.25, 0.3) is 0 Å². The number of anilines is 1. The van der Waals surface area contributed by atoms with Crippen molar-refractivity contribution in [2.24, 2.45) is 0 Å². The van der Waals surface area contributed by atoms with E-state index in [2.05, 4.69) is 10.2 Å². The molecule has 104 valence electrons. The van der Waals surface area contributed by atoms with Crippen LogP contribution in [0.2, 0.25) is 10.0 Å². The van der Waals surface area contributed by atoms with Crippen LogP contribution in [0.15, 0.2) is 18.2 Å². The third-order valence-electron chi connectivity index (χ3n) is 3.16. The van der Waals surface area contributed by atoms with E-state index in [4.69, 9.17) is 27.9 Å². The van der Waals surface area contributed by atoms with E-state index in [0.29, 0.717) is 28.9 Å². The number of morpholine rings is 1. The van der Waals surface area contributed by atoms with Crippen LogP contribution < -0.4 is 5.32 Å². The highest BCUT2D eigenvalue weighted by Gasteiger charge is 2.23. The minimum Gasteiger partial charge on any atom is -0.379 e. The van der Waals surface area contributed by atoms with Crippen LogP contribution in [0.5, 0.6) is 0 Å². The van der Waals surface area contributed by atoms with Crippen LogP contribution in [0, 0.1) is 0 Å². The molecular formula is C13H16Cl2N2O2. The molecule has 0 radical (unpaired) electrons. The molecule has 4 nitrogen and oxygen atoms in total. The van der Waals surface area contributed by atoms with Gasteiger partial charge in [0.05, 0.1) is 30.0 Å². The molecule has 0 aromatic heterocycles. The maximum absolute atomic E-state index is 12.2. The molecule has 1 aliphatic heterocycles. The zero-order valence-corrected chi connectivity index (χ0v) is 12.2. The summed E-state index contributed by atoms with van der Waals surface area (Å²) < 4.78 is 5.27. The molecule has 0 saturated carbocycles. The first-order valence-electron chi connectivity index (χ1n) is 6.15. The van der Waals surface area contributed by atoms with E-state index in [9.17, 15) is 4.79 Å². The molecular weight excluding hydrogens is 287 g/mol. The standard InChI is InChI=1S/C13H16Cl2N2O2/c1-9(17-4-6-19-7-5-17)13(18)16-12-3-2-10(14)8-11(12)15/h2-3,8-9H,4-7H2,1H3,(H,16,18). The van der Waals surface area contributed by atoms with Gasteiger partial charge in [-0.05, 0) is 25.1 Å². The molecule has 2 rings (SSSR count). The van der Waals surface area contributed by atoms with E-state index in [1.54, 1.807) is 18.2 Å². The Morgan fingerprint density at radius 2 is 2.05 bits per heavy atom. The molecule has 1 aromatic rings. The Balaban J connectivity index is 1.99. The van der Waals surface area contributed by atoms with E-state index in [1.807, 2.05) is 6.92 Å². The Hall–Kier alpha value is -0.810. The highest BCUT2D eigenvalue weighted by atomic mass is 35.5. The van der Waals surface area contributed by atoms with Gasteiger partial charge in [0, 0.05) is 18.1 Å². The third kappa shape index (κ3) is 3.83. The molecule has 0 aliphatic carbocycles. The van der Waals surface area contributed by atoms with E-state index < -0.39 is 0 Å². The van der Waals surface area contributed by atoms with Crippen molar-refractivity contribution in [1.82, 2.24) is 4.90 Å². The summed E-state index contributed by atoms with van der Waals surface area (Å²) in [6.45, 7) is 4.75. The third-order valence-corrected chi connectivity index (χ3v) is 3.71. The Labute approximate surface area is 122 Å². The first-order chi connectivity index (χ1) is 9.08. The summed E-state index contributed by atoms with van der Waals surface area (Å²) in [6.07, 6.45) is 0. The summed E-state index contributed by atoms with van der Waals surface area (Å²) >= 11 is 11.8. The maximum atomic E-state index is 12.2. The Kier molecular flexibility index (Phi) is 5.05. The predicted octanol–water partition coefficient (Wildman–Crippen LogP) is 2.65. The fourth-order valence-electron chi connectivity index (χ4n) is 1.96. The number of rotatable bonds is 3. The second-order valence-corrected chi connectivity index (χ2v) is 5.28. The van der Waals surface area contributed by atoms with Gasteiger partial charge in [0.1, 0.15) is 0 Å². The van der Waals surface area contributed by atoms with Crippen molar-refractivity contribution in [2.45, 2.75) is 13.0 Å². The van der Waals surface area contributed by atoms with E-state index in [1.165, 1.54) is 0 Å². The van der Waals surface area contributed by atoms with Gasteiger partial charge in [0.15, 0.2) is 0 Å². The van der Waals surface area contributed by atoms with Crippen LogP contribution in [0.1, 0.15) is 6.92 Å². The number of hydrogen-bond acceptors (Lipinski definition) is 3. The average Bonchev–Trinajstić information content (AvgIpc) is 2.42. The quantitative estimate of drug-likeness (QED) is 0.933. The van der Waals surface area contributed by atoms with Crippen molar-refractivity contribution in [3.63, 3.8) is 0 Å². The lowest BCUT2D eigenvalue weighted by Gasteiger charge is -2.31. The summed E-state index contributed by atoms with van der Waals surface area (Å²) in [4.78, 5) is 14.2. The van der Waals surface area contributed by atoms with E-state index >= 15 is 0 Å². The fourth-order valence-corrected chi connectivity index (χ4v) is 2.41. The van der Waals surface area contributed by atoms with Crippen LogP contribution in [0.3, 0.4) is 0 Å². The van der Waals surface area contributed by atoms with Crippen molar-refractivity contribution in [3.8, 4) is 0 Å². The van der Waals surface area contributed by atoms with E-state index in [0.717, 1.165) is 13.1 Å². The lowest BCUT2D eigenvalue weighted by atomic mass is 10.2. The van der Waals surface area contributed by atoms with Gasteiger partial charge in [-0.3, -0.25) is 9.69 Å². The fraction of sp³-hybridized carbons (Fsp3) is 0.462. The van der Waals surface area contributed by atoms with Crippen molar-refractivity contribution >= 4 is 34.8 Å². The number of halogens is 2. The van der Waals surface area contributed by atoms with Crippen LogP contribution in [0.4, 0.5) is 5.69 Å². The van der Waals surface area contributed by atoms with Crippen LogP contribution in [-0.2, 0) is 9.53 Å². The number of hydrogen-bond donors (Lipinski definition) is 1. The summed E-state index contributed by atoms with van der Waals surface area (Å²) in [5.41, 5.74) is 0.580. The molecule has 1 aliphatic rings. The molecule has 1 heterocycles. The van der Waals surface area contributed by atoms with Crippen LogP contribution in [-0.4, -0.2) is 43.2 Å². The number of carbonyl (C=O) groups is 1. The molecule has 1 N–H and O–H groups in total. The summed E-state index contributed by atoms with van der Waals surface area (Å²) in [5.74, 6) is -0.0777. The van der Waals surface area contributed by atoms with Crippen LogP contribution in [0.25, 0.3) is 0 Å². The molecule has 0 bridgehead atoms. The first kappa shape index (κ1) is 14.6. The van der Waals surface area contributed by atoms with Gasteiger partial charge < -0.3 is 10.1 Å². The molecule has 1 atom stereocenters. The second kappa shape index (κ2) is 6.57. The number of nitrogens with zero attached hydrogens (tertiary/aromatic N) is 1. The number of carbonyl (C=O) groups excluding carboxylic acids is 1. The summed E-state index contributed by atoms with van der Waals surface area (Å²) in [5, 5.41) is 3.81. The molecule has 1 fully saturated rings. The molecule has 1 amide bonds. The lowest BCUT2D eigenvalue weighted by Crippen LogP contribution is -2.47. The zero-order valence-electron chi connectivity index (χ0n) is 10.7. The van der Waals surface area contributed by atoms with Gasteiger partial charge in [-0.25, -0.2) is 0 Å². The predicted molar refractivity (Wildman–Crippen MR) is 76.9 cm³/mol. The molecule has 1 unspecified atom stereocenters. The first-order valence-corrected chi connectivity index (χ1v) is 6.91. The normalized spacial score (nSPS) is 18.1. The van der Waals surface area contributed by atoms with Gasteiger partial charge in [-0.2, -0.15) is 0 Å². The molecule has 1 aromatic carbocycles. The van der Waals surface area contributed by atoms with Gasteiger partial charge in [-0.15, -0.1) is 0 Å². The van der Waals surface area contributed by atoms with Crippen molar-refractivity contribution in [1.29, 1.82) is 0 Å². The molecule has 1 saturated heterocycles. The van der Waals surface area contributed by atoms with Crippen molar-refractivity contribution in [2.75, 3.05) is 31.6 Å². The van der Waals surface area contributed by atoms with Crippen molar-refractivity contribution < 1.29 is 9.53 Å². The number of amides is 1. The molecule has 6 heteroatoms. The zero-order chi connectivity index (χ0) is 13.8. The maximum Gasteiger partial charge on any atom is 0.241 e. The van der Waals surface area contributed by atoms with Crippen molar-refractivity contribution in [3.05, 3.63) is 28.2 Å². The molecule has 0 spiro atoms. The summed E-state index contributed by atoms with van der Waals surface area (Å²) in [6, 6.07) is 4.80. The monoisotopic (exact) mass is 302 g/mol. The Morgan fingerprint density at radius 1 is 1.37 bits per heavy atom. The average molecular weight is 303 g/mol. The number of benzene rings is 1. The highest BCUT2D eigenvalue weighted by Crippen LogP contribution is 2.25. The van der Waals surface area contributed by atoms with Gasteiger partial charge >= 0.3 is 0 Å².